The van der Waals surface area contributed by atoms with Crippen LogP contribution >= 0.6 is 34.2 Å². The third-order valence-corrected chi connectivity index (χ3v) is 3.94. The number of anilines is 3. The number of hydrogen-bond donors (Lipinski definition) is 2. The first kappa shape index (κ1) is 13.4. The highest BCUT2D eigenvalue weighted by atomic mass is 127. The van der Waals surface area contributed by atoms with E-state index < -0.39 is 0 Å². The summed E-state index contributed by atoms with van der Waals surface area (Å²) in [6.07, 6.45) is 5.52. The maximum Gasteiger partial charge on any atom is 0.180 e. The lowest BCUT2D eigenvalue weighted by molar-refractivity contribution is 1.12. The number of fused-ring (bicyclic) bond motifs is 1. The molecule has 3 rings (SSSR count). The van der Waals surface area contributed by atoms with E-state index in [0.717, 1.165) is 20.7 Å². The van der Waals surface area contributed by atoms with Gasteiger partial charge in [-0.15, -0.1) is 0 Å². The molecule has 102 valence electrons. The molecule has 0 spiro atoms. The molecule has 0 saturated heterocycles. The van der Waals surface area contributed by atoms with Crippen LogP contribution < -0.4 is 10.6 Å². The Morgan fingerprint density at radius 1 is 1.35 bits per heavy atom. The van der Waals surface area contributed by atoms with E-state index in [2.05, 4.69) is 43.2 Å². The average Bonchev–Trinajstić information content (AvgIpc) is 2.90. The van der Waals surface area contributed by atoms with Gasteiger partial charge in [0.05, 0.1) is 11.9 Å². The van der Waals surface area contributed by atoms with Gasteiger partial charge in [-0.05, 0) is 40.8 Å². The van der Waals surface area contributed by atoms with E-state index in [0.29, 0.717) is 10.8 Å². The molecule has 0 atom stereocenters. The summed E-state index contributed by atoms with van der Waals surface area (Å²) in [7, 11) is 1.83. The first-order chi connectivity index (χ1) is 9.67. The van der Waals surface area contributed by atoms with Crippen LogP contribution in [0, 0.1) is 3.57 Å². The van der Waals surface area contributed by atoms with Crippen molar-refractivity contribution in [2.75, 3.05) is 17.7 Å². The van der Waals surface area contributed by atoms with E-state index in [1.54, 1.807) is 6.20 Å². The van der Waals surface area contributed by atoms with Crippen LogP contribution in [0.15, 0.2) is 36.8 Å². The smallest absolute Gasteiger partial charge is 0.180 e. The number of hydrogen-bond acceptors (Lipinski definition) is 4. The largest absolute Gasteiger partial charge is 0.372 e. The van der Waals surface area contributed by atoms with Crippen LogP contribution in [0.1, 0.15) is 0 Å². The zero-order valence-electron chi connectivity index (χ0n) is 10.6. The highest BCUT2D eigenvalue weighted by Gasteiger charge is 2.09. The van der Waals surface area contributed by atoms with Crippen molar-refractivity contribution in [3.63, 3.8) is 0 Å². The van der Waals surface area contributed by atoms with Crippen LogP contribution in [0.4, 0.5) is 17.3 Å². The molecule has 0 fully saturated rings. The van der Waals surface area contributed by atoms with Crippen molar-refractivity contribution in [1.82, 2.24) is 14.4 Å². The fourth-order valence-electron chi connectivity index (χ4n) is 1.85. The second-order valence-electron chi connectivity index (χ2n) is 4.13. The second kappa shape index (κ2) is 5.45. The zero-order valence-corrected chi connectivity index (χ0v) is 13.5. The van der Waals surface area contributed by atoms with E-state index in [1.807, 2.05) is 42.0 Å². The molecule has 3 aromatic rings. The van der Waals surface area contributed by atoms with Crippen LogP contribution in [0.5, 0.6) is 0 Å². The summed E-state index contributed by atoms with van der Waals surface area (Å²) in [6.45, 7) is 0. The molecule has 2 aromatic heterocycles. The van der Waals surface area contributed by atoms with E-state index in [1.165, 1.54) is 0 Å². The Balaban J connectivity index is 2.07. The molecule has 0 saturated carbocycles. The van der Waals surface area contributed by atoms with Gasteiger partial charge in [0.15, 0.2) is 11.5 Å². The molecule has 7 heteroatoms. The predicted octanol–water partition coefficient (Wildman–Crippen LogP) is 3.77. The molecule has 2 heterocycles. The predicted molar refractivity (Wildman–Crippen MR) is 90.0 cm³/mol. The molecule has 0 aliphatic rings. The standard InChI is InChI=1S/C13H11ClIN5/c1-16-11-7-20-5-4-17-13(20)12(19-11)18-10-3-2-8(14)6-9(10)15/h2-7,16H,1H3,(H,18,19). The lowest BCUT2D eigenvalue weighted by Crippen LogP contribution is -2.03. The van der Waals surface area contributed by atoms with Crippen molar-refractivity contribution in [3.8, 4) is 0 Å². The molecule has 20 heavy (non-hydrogen) atoms. The molecule has 0 radical (unpaired) electrons. The topological polar surface area (TPSA) is 54.2 Å². The van der Waals surface area contributed by atoms with Crippen LogP contribution in [0.2, 0.25) is 5.02 Å². The van der Waals surface area contributed by atoms with Crippen LogP contribution in [-0.2, 0) is 0 Å². The minimum atomic E-state index is 0.696. The van der Waals surface area contributed by atoms with Crippen LogP contribution in [-0.4, -0.2) is 21.4 Å². The fraction of sp³-hybridized carbons (Fsp3) is 0.0769. The molecule has 0 unspecified atom stereocenters. The molecule has 0 aliphatic heterocycles. The van der Waals surface area contributed by atoms with Gasteiger partial charge in [0, 0.05) is 28.0 Å². The third-order valence-electron chi connectivity index (χ3n) is 2.81. The molecule has 1 aromatic carbocycles. The molecule has 0 amide bonds. The Morgan fingerprint density at radius 2 is 2.20 bits per heavy atom. The van der Waals surface area contributed by atoms with Gasteiger partial charge in [0.1, 0.15) is 5.82 Å². The molecular weight excluding hydrogens is 389 g/mol. The summed E-state index contributed by atoms with van der Waals surface area (Å²) >= 11 is 8.21. The third kappa shape index (κ3) is 2.53. The zero-order chi connectivity index (χ0) is 14.1. The summed E-state index contributed by atoms with van der Waals surface area (Å²) in [5.74, 6) is 1.46. The molecule has 5 nitrogen and oxygen atoms in total. The number of nitrogens with one attached hydrogen (secondary N) is 2. The quantitative estimate of drug-likeness (QED) is 0.658. The Kier molecular flexibility index (Phi) is 3.66. The van der Waals surface area contributed by atoms with Crippen molar-refractivity contribution in [1.29, 1.82) is 0 Å². The van der Waals surface area contributed by atoms with Crippen molar-refractivity contribution < 1.29 is 0 Å². The lowest BCUT2D eigenvalue weighted by atomic mass is 10.3. The van der Waals surface area contributed by atoms with Crippen molar-refractivity contribution in [3.05, 3.63) is 45.4 Å². The van der Waals surface area contributed by atoms with Gasteiger partial charge in [0.25, 0.3) is 0 Å². The maximum atomic E-state index is 5.97. The van der Waals surface area contributed by atoms with Crippen molar-refractivity contribution in [2.24, 2.45) is 0 Å². The first-order valence-electron chi connectivity index (χ1n) is 5.91. The van der Waals surface area contributed by atoms with Gasteiger partial charge in [-0.2, -0.15) is 0 Å². The fourth-order valence-corrected chi connectivity index (χ4v) is 2.86. The SMILES string of the molecule is CNc1cn2ccnc2c(Nc2ccc(Cl)cc2I)n1. The number of rotatable bonds is 3. The van der Waals surface area contributed by atoms with Crippen molar-refractivity contribution >= 4 is 57.2 Å². The van der Waals surface area contributed by atoms with E-state index >= 15 is 0 Å². The number of benzene rings is 1. The Hall–Kier alpha value is -1.54. The van der Waals surface area contributed by atoms with Gasteiger partial charge >= 0.3 is 0 Å². The Morgan fingerprint density at radius 3 is 2.95 bits per heavy atom. The van der Waals surface area contributed by atoms with Gasteiger partial charge in [0.2, 0.25) is 0 Å². The lowest BCUT2D eigenvalue weighted by Gasteiger charge is -2.11. The van der Waals surface area contributed by atoms with Gasteiger partial charge in [-0.3, -0.25) is 0 Å². The minimum absolute atomic E-state index is 0.696. The summed E-state index contributed by atoms with van der Waals surface area (Å²) in [5.41, 5.74) is 1.72. The second-order valence-corrected chi connectivity index (χ2v) is 5.73. The number of nitrogens with zero attached hydrogens (tertiary/aromatic N) is 3. The average molecular weight is 400 g/mol. The summed E-state index contributed by atoms with van der Waals surface area (Å²) < 4.78 is 2.95. The highest BCUT2D eigenvalue weighted by Crippen LogP contribution is 2.27. The molecule has 2 N–H and O–H groups in total. The minimum Gasteiger partial charge on any atom is -0.372 e. The Labute approximate surface area is 134 Å². The summed E-state index contributed by atoms with van der Waals surface area (Å²) in [5, 5.41) is 7.05. The van der Waals surface area contributed by atoms with Crippen molar-refractivity contribution in [2.45, 2.75) is 0 Å². The number of imidazole rings is 1. The van der Waals surface area contributed by atoms with E-state index in [4.69, 9.17) is 11.6 Å². The first-order valence-corrected chi connectivity index (χ1v) is 7.36. The molecular formula is C13H11ClIN5. The summed E-state index contributed by atoms with van der Waals surface area (Å²) in [4.78, 5) is 8.83. The van der Waals surface area contributed by atoms with Crippen LogP contribution in [0.3, 0.4) is 0 Å². The van der Waals surface area contributed by atoms with E-state index in [-0.39, 0.29) is 0 Å². The number of halogens is 2. The summed E-state index contributed by atoms with van der Waals surface area (Å²) in [6, 6.07) is 5.67. The van der Waals surface area contributed by atoms with Gasteiger partial charge < -0.3 is 15.0 Å². The van der Waals surface area contributed by atoms with Gasteiger partial charge in [-0.25, -0.2) is 9.97 Å². The normalized spacial score (nSPS) is 10.8. The number of aromatic nitrogens is 3. The maximum absolute atomic E-state index is 5.97. The van der Waals surface area contributed by atoms with E-state index in [9.17, 15) is 0 Å². The molecule has 0 aliphatic carbocycles. The van der Waals surface area contributed by atoms with Gasteiger partial charge in [-0.1, -0.05) is 11.6 Å². The molecule has 0 bridgehead atoms. The highest BCUT2D eigenvalue weighted by molar-refractivity contribution is 14.1. The monoisotopic (exact) mass is 399 g/mol. The Bertz CT molecular complexity index is 771. The van der Waals surface area contributed by atoms with Crippen LogP contribution in [0.25, 0.3) is 5.65 Å².